The predicted octanol–water partition coefficient (Wildman–Crippen LogP) is 3.56. The smallest absolute Gasteiger partial charge is 0.138 e. The van der Waals surface area contributed by atoms with E-state index in [2.05, 4.69) is 9.97 Å². The highest BCUT2D eigenvalue weighted by Crippen LogP contribution is 2.27. The average Bonchev–Trinajstić information content (AvgIpc) is 2.80. The topological polar surface area (TPSA) is 54.7 Å². The molecule has 0 aliphatic carbocycles. The highest BCUT2D eigenvalue weighted by atomic mass is 35.5. The number of halogens is 1. The molecular formula is C12H16ClN3. The molecule has 0 spiro atoms. The fraction of sp³-hybridized carbons (Fsp3) is 0.250. The van der Waals surface area contributed by atoms with Gasteiger partial charge < -0.3 is 10.7 Å². The Kier molecular flexibility index (Phi) is 4.38. The molecule has 3 N–H and O–H groups in total. The highest BCUT2D eigenvalue weighted by Gasteiger charge is 2.08. The van der Waals surface area contributed by atoms with Crippen molar-refractivity contribution in [3.63, 3.8) is 0 Å². The number of allylic oxidation sites excluding steroid dienone is 1. The quantitative estimate of drug-likeness (QED) is 0.797. The Morgan fingerprint density at radius 2 is 2.19 bits per heavy atom. The van der Waals surface area contributed by atoms with Crippen LogP contribution >= 0.6 is 11.6 Å². The molecule has 0 aliphatic rings. The largest absolute Gasteiger partial charge is 0.398 e. The fourth-order valence-electron chi connectivity index (χ4n) is 1.33. The Bertz CT molecular complexity index is 500. The number of aromatic amines is 1. The second kappa shape index (κ2) is 5.56. The highest BCUT2D eigenvalue weighted by molar-refractivity contribution is 6.36. The molecule has 0 fully saturated rings. The fourth-order valence-corrected chi connectivity index (χ4v) is 1.64. The molecule has 86 valence electrons. The van der Waals surface area contributed by atoms with Crippen LogP contribution in [0, 0.1) is 0 Å². The van der Waals surface area contributed by atoms with Gasteiger partial charge in [0.15, 0.2) is 0 Å². The van der Waals surface area contributed by atoms with E-state index >= 15 is 0 Å². The third-order valence-electron chi connectivity index (χ3n) is 2.14. The zero-order chi connectivity index (χ0) is 12.1. The van der Waals surface area contributed by atoms with Gasteiger partial charge in [-0.2, -0.15) is 0 Å². The summed E-state index contributed by atoms with van der Waals surface area (Å²) in [5.74, 6) is 0. The van der Waals surface area contributed by atoms with Crippen LogP contribution in [-0.2, 0) is 0 Å². The van der Waals surface area contributed by atoms with Crippen LogP contribution in [0.15, 0.2) is 24.5 Å². The summed E-state index contributed by atoms with van der Waals surface area (Å²) in [7, 11) is 0. The number of nitrogens with zero attached hydrogens (tertiary/aromatic N) is 1. The van der Waals surface area contributed by atoms with E-state index < -0.39 is 0 Å². The van der Waals surface area contributed by atoms with Crippen molar-refractivity contribution in [2.75, 3.05) is 0 Å². The Morgan fingerprint density at radius 1 is 1.50 bits per heavy atom. The van der Waals surface area contributed by atoms with Gasteiger partial charge >= 0.3 is 0 Å². The van der Waals surface area contributed by atoms with E-state index in [1.807, 2.05) is 26.8 Å². The molecule has 0 aliphatic heterocycles. The molecule has 0 unspecified atom stereocenters. The summed E-state index contributed by atoms with van der Waals surface area (Å²) < 4.78 is 0. The number of aromatic nitrogens is 2. The molecule has 0 bridgehead atoms. The van der Waals surface area contributed by atoms with E-state index in [-0.39, 0.29) is 0 Å². The van der Waals surface area contributed by atoms with Gasteiger partial charge in [-0.15, -0.1) is 0 Å². The zero-order valence-corrected chi connectivity index (χ0v) is 10.5. The van der Waals surface area contributed by atoms with E-state index in [0.717, 1.165) is 16.6 Å². The monoisotopic (exact) mass is 237 g/mol. The van der Waals surface area contributed by atoms with Gasteiger partial charge in [-0.1, -0.05) is 31.5 Å². The molecule has 0 radical (unpaired) electrons. The van der Waals surface area contributed by atoms with Gasteiger partial charge in [0.1, 0.15) is 5.65 Å². The van der Waals surface area contributed by atoms with Crippen LogP contribution in [0.5, 0.6) is 0 Å². The Balaban J connectivity index is 0.000000606. The van der Waals surface area contributed by atoms with E-state index in [9.17, 15) is 0 Å². The minimum atomic E-state index is 0.644. The molecular weight excluding hydrogens is 222 g/mol. The number of H-pyrrole nitrogens is 1. The number of nitrogens with one attached hydrogen (secondary N) is 1. The lowest BCUT2D eigenvalue weighted by Gasteiger charge is -2.03. The SMILES string of the molecule is C/C=C(\N)c1cnc2[nH]ccc2c1Cl.CC. The van der Waals surface area contributed by atoms with Crippen LogP contribution in [0.4, 0.5) is 0 Å². The van der Waals surface area contributed by atoms with Crippen LogP contribution in [0.25, 0.3) is 16.7 Å². The minimum absolute atomic E-state index is 0.644. The Morgan fingerprint density at radius 3 is 2.81 bits per heavy atom. The molecule has 0 atom stereocenters. The van der Waals surface area contributed by atoms with Gasteiger partial charge in [0, 0.05) is 29.0 Å². The maximum absolute atomic E-state index is 6.18. The van der Waals surface area contributed by atoms with E-state index in [0.29, 0.717) is 10.7 Å². The van der Waals surface area contributed by atoms with Gasteiger partial charge in [0.25, 0.3) is 0 Å². The van der Waals surface area contributed by atoms with Gasteiger partial charge in [0.2, 0.25) is 0 Å². The van der Waals surface area contributed by atoms with Crippen LogP contribution in [0.1, 0.15) is 26.3 Å². The van der Waals surface area contributed by atoms with Crippen molar-refractivity contribution in [1.82, 2.24) is 9.97 Å². The summed E-state index contributed by atoms with van der Waals surface area (Å²) in [4.78, 5) is 7.20. The minimum Gasteiger partial charge on any atom is -0.398 e. The van der Waals surface area contributed by atoms with Crippen molar-refractivity contribution in [1.29, 1.82) is 0 Å². The predicted molar refractivity (Wildman–Crippen MR) is 70.3 cm³/mol. The number of rotatable bonds is 1. The van der Waals surface area contributed by atoms with Crippen LogP contribution in [0.3, 0.4) is 0 Å². The Labute approximate surface area is 100 Å². The summed E-state index contributed by atoms with van der Waals surface area (Å²) in [6, 6.07) is 1.89. The maximum Gasteiger partial charge on any atom is 0.138 e. The summed E-state index contributed by atoms with van der Waals surface area (Å²) in [5.41, 5.74) is 7.98. The standard InChI is InChI=1S/C10H10ClN3.C2H6/c1-2-8(12)7-5-14-10-6(9(7)11)3-4-13-10;1-2/h2-5H,12H2,1H3,(H,13,14);1-2H3/b8-2-;. The van der Waals surface area contributed by atoms with Crippen molar-refractivity contribution in [2.45, 2.75) is 20.8 Å². The molecule has 0 saturated carbocycles. The van der Waals surface area contributed by atoms with E-state index in [4.69, 9.17) is 17.3 Å². The third-order valence-corrected chi connectivity index (χ3v) is 2.55. The molecule has 0 saturated heterocycles. The van der Waals surface area contributed by atoms with Crippen LogP contribution in [-0.4, -0.2) is 9.97 Å². The molecule has 0 amide bonds. The zero-order valence-electron chi connectivity index (χ0n) is 9.71. The molecule has 2 heterocycles. The van der Waals surface area contributed by atoms with Crippen molar-refractivity contribution in [3.8, 4) is 0 Å². The number of pyridine rings is 1. The van der Waals surface area contributed by atoms with E-state index in [1.54, 1.807) is 18.5 Å². The van der Waals surface area contributed by atoms with Crippen molar-refractivity contribution < 1.29 is 0 Å². The summed E-state index contributed by atoms with van der Waals surface area (Å²) in [6.07, 6.45) is 5.29. The number of nitrogens with two attached hydrogens (primary N) is 1. The van der Waals surface area contributed by atoms with Crippen molar-refractivity contribution in [3.05, 3.63) is 35.1 Å². The molecule has 2 rings (SSSR count). The molecule has 4 heteroatoms. The van der Waals surface area contributed by atoms with Crippen molar-refractivity contribution >= 4 is 28.3 Å². The lowest BCUT2D eigenvalue weighted by atomic mass is 10.2. The molecule has 2 aromatic heterocycles. The van der Waals surface area contributed by atoms with Gasteiger partial charge in [-0.05, 0) is 13.0 Å². The summed E-state index contributed by atoms with van der Waals surface area (Å²) >= 11 is 6.18. The number of hydrogen-bond acceptors (Lipinski definition) is 2. The van der Waals surface area contributed by atoms with Gasteiger partial charge in [-0.25, -0.2) is 4.98 Å². The number of fused-ring (bicyclic) bond motifs is 1. The first kappa shape index (κ1) is 12.6. The molecule has 16 heavy (non-hydrogen) atoms. The average molecular weight is 238 g/mol. The van der Waals surface area contributed by atoms with Gasteiger partial charge in [-0.3, -0.25) is 0 Å². The molecule has 3 nitrogen and oxygen atoms in total. The second-order valence-electron chi connectivity index (χ2n) is 2.97. The first-order chi connectivity index (χ1) is 7.74. The third kappa shape index (κ3) is 2.19. The summed E-state index contributed by atoms with van der Waals surface area (Å²) in [6.45, 7) is 5.87. The van der Waals surface area contributed by atoms with Crippen LogP contribution in [0.2, 0.25) is 5.02 Å². The maximum atomic E-state index is 6.18. The normalized spacial score (nSPS) is 11.1. The number of hydrogen-bond donors (Lipinski definition) is 2. The van der Waals surface area contributed by atoms with Gasteiger partial charge in [0.05, 0.1) is 5.02 Å². The van der Waals surface area contributed by atoms with Crippen LogP contribution < -0.4 is 5.73 Å². The second-order valence-corrected chi connectivity index (χ2v) is 3.35. The summed E-state index contributed by atoms with van der Waals surface area (Å²) in [5, 5.41) is 1.54. The lowest BCUT2D eigenvalue weighted by molar-refractivity contribution is 1.30. The first-order valence-electron chi connectivity index (χ1n) is 5.27. The molecule has 0 aromatic carbocycles. The van der Waals surface area contributed by atoms with Crippen molar-refractivity contribution in [2.24, 2.45) is 5.73 Å². The lowest BCUT2D eigenvalue weighted by Crippen LogP contribution is -1.97. The molecule has 2 aromatic rings. The Hall–Kier alpha value is -1.48. The van der Waals surface area contributed by atoms with E-state index in [1.165, 1.54) is 0 Å². The first-order valence-corrected chi connectivity index (χ1v) is 5.65.